The summed E-state index contributed by atoms with van der Waals surface area (Å²) in [6.07, 6.45) is 2.20. The summed E-state index contributed by atoms with van der Waals surface area (Å²) in [6.45, 7) is 3.41. The molecule has 0 aliphatic carbocycles. The van der Waals surface area contributed by atoms with Crippen LogP contribution in [0.1, 0.15) is 25.3 Å². The van der Waals surface area contributed by atoms with Gasteiger partial charge in [-0.25, -0.2) is 0 Å². The second-order valence-electron chi connectivity index (χ2n) is 5.08. The molecule has 2 unspecified atom stereocenters. The van der Waals surface area contributed by atoms with Crippen LogP contribution in [-0.2, 0) is 11.3 Å². The summed E-state index contributed by atoms with van der Waals surface area (Å²) in [4.78, 5) is 10.5. The van der Waals surface area contributed by atoms with Crippen molar-refractivity contribution in [3.8, 4) is 5.75 Å². The van der Waals surface area contributed by atoms with E-state index in [0.717, 1.165) is 25.0 Å². The van der Waals surface area contributed by atoms with Gasteiger partial charge < -0.3 is 14.8 Å². The first-order valence-electron chi connectivity index (χ1n) is 6.76. The van der Waals surface area contributed by atoms with Gasteiger partial charge in [0.05, 0.1) is 24.2 Å². The van der Waals surface area contributed by atoms with Crippen LogP contribution >= 0.6 is 0 Å². The van der Waals surface area contributed by atoms with E-state index in [2.05, 4.69) is 12.2 Å². The minimum Gasteiger partial charge on any atom is -0.496 e. The highest BCUT2D eigenvalue weighted by molar-refractivity contribution is 5.42. The third kappa shape index (κ3) is 3.91. The Morgan fingerprint density at radius 2 is 2.30 bits per heavy atom. The Labute approximate surface area is 118 Å². The largest absolute Gasteiger partial charge is 0.496 e. The van der Waals surface area contributed by atoms with E-state index < -0.39 is 4.92 Å². The zero-order chi connectivity index (χ0) is 14.5. The molecule has 2 rings (SSSR count). The number of non-ortho nitro benzene ring substituents is 1. The third-order valence-electron chi connectivity index (χ3n) is 3.48. The van der Waals surface area contributed by atoms with Gasteiger partial charge in [-0.2, -0.15) is 0 Å². The van der Waals surface area contributed by atoms with Crippen LogP contribution in [0.25, 0.3) is 0 Å². The monoisotopic (exact) mass is 280 g/mol. The van der Waals surface area contributed by atoms with Crippen molar-refractivity contribution in [2.75, 3.05) is 13.7 Å². The Hall–Kier alpha value is -1.66. The SMILES string of the molecule is COc1cc(CNC2CCOC(C)C2)cc([N+](=O)[O-])c1. The van der Waals surface area contributed by atoms with E-state index in [1.54, 1.807) is 6.07 Å². The molecule has 1 aliphatic heterocycles. The number of nitrogens with one attached hydrogen (secondary N) is 1. The number of hydrogen-bond donors (Lipinski definition) is 1. The number of methoxy groups -OCH3 is 1. The average Bonchev–Trinajstić information content (AvgIpc) is 2.45. The molecule has 1 N–H and O–H groups in total. The van der Waals surface area contributed by atoms with Gasteiger partial charge in [0.2, 0.25) is 0 Å². The minimum atomic E-state index is -0.400. The van der Waals surface area contributed by atoms with Crippen LogP contribution in [-0.4, -0.2) is 30.8 Å². The maximum atomic E-state index is 10.9. The summed E-state index contributed by atoms with van der Waals surface area (Å²) in [5, 5.41) is 14.3. The van der Waals surface area contributed by atoms with Crippen molar-refractivity contribution in [3.63, 3.8) is 0 Å². The first kappa shape index (κ1) is 14.7. The van der Waals surface area contributed by atoms with Crippen LogP contribution in [0.15, 0.2) is 18.2 Å². The molecular formula is C14H20N2O4. The van der Waals surface area contributed by atoms with Crippen molar-refractivity contribution in [1.29, 1.82) is 0 Å². The maximum absolute atomic E-state index is 10.9. The second-order valence-corrected chi connectivity index (χ2v) is 5.08. The highest BCUT2D eigenvalue weighted by atomic mass is 16.6. The minimum absolute atomic E-state index is 0.0569. The number of hydrogen-bond acceptors (Lipinski definition) is 5. The molecule has 1 aromatic rings. The highest BCUT2D eigenvalue weighted by Gasteiger charge is 2.19. The Balaban J connectivity index is 2.01. The third-order valence-corrected chi connectivity index (χ3v) is 3.48. The van der Waals surface area contributed by atoms with E-state index in [0.29, 0.717) is 18.3 Å². The second kappa shape index (κ2) is 6.67. The summed E-state index contributed by atoms with van der Waals surface area (Å²) < 4.78 is 10.6. The standard InChI is InChI=1S/C14H20N2O4/c1-10-5-12(3-4-20-10)15-9-11-6-13(16(17)18)8-14(7-11)19-2/h6-8,10,12,15H,3-5,9H2,1-2H3. The van der Waals surface area contributed by atoms with Crippen molar-refractivity contribution in [2.45, 2.75) is 38.5 Å². The normalized spacial score (nSPS) is 22.5. The summed E-state index contributed by atoms with van der Waals surface area (Å²) in [5.41, 5.74) is 0.914. The number of nitrogens with zero attached hydrogens (tertiary/aromatic N) is 1. The first-order chi connectivity index (χ1) is 9.58. The Kier molecular flexibility index (Phi) is 4.92. The zero-order valence-electron chi connectivity index (χ0n) is 11.8. The van der Waals surface area contributed by atoms with Gasteiger partial charge >= 0.3 is 0 Å². The fourth-order valence-electron chi connectivity index (χ4n) is 2.41. The molecule has 0 amide bonds. The molecule has 0 radical (unpaired) electrons. The molecule has 6 nitrogen and oxygen atoms in total. The van der Waals surface area contributed by atoms with Gasteiger partial charge in [-0.05, 0) is 31.4 Å². The molecule has 1 heterocycles. The smallest absolute Gasteiger partial charge is 0.273 e. The number of benzene rings is 1. The lowest BCUT2D eigenvalue weighted by molar-refractivity contribution is -0.385. The summed E-state index contributed by atoms with van der Waals surface area (Å²) >= 11 is 0. The van der Waals surface area contributed by atoms with Gasteiger partial charge in [0.1, 0.15) is 5.75 Å². The predicted octanol–water partition coefficient (Wildman–Crippen LogP) is 2.26. The Morgan fingerprint density at radius 1 is 1.50 bits per heavy atom. The van der Waals surface area contributed by atoms with E-state index in [-0.39, 0.29) is 11.8 Å². The number of nitro benzene ring substituents is 1. The van der Waals surface area contributed by atoms with Crippen LogP contribution in [0.3, 0.4) is 0 Å². The molecule has 1 aliphatic rings. The predicted molar refractivity (Wildman–Crippen MR) is 74.9 cm³/mol. The molecular weight excluding hydrogens is 260 g/mol. The number of nitro groups is 1. The lowest BCUT2D eigenvalue weighted by Gasteiger charge is -2.28. The highest BCUT2D eigenvalue weighted by Crippen LogP contribution is 2.23. The molecule has 2 atom stereocenters. The van der Waals surface area contributed by atoms with E-state index in [4.69, 9.17) is 9.47 Å². The molecule has 6 heteroatoms. The number of rotatable bonds is 5. The van der Waals surface area contributed by atoms with Crippen molar-refractivity contribution < 1.29 is 14.4 Å². The van der Waals surface area contributed by atoms with Gasteiger partial charge in [-0.1, -0.05) is 0 Å². The summed E-state index contributed by atoms with van der Waals surface area (Å²) in [5.74, 6) is 0.511. The van der Waals surface area contributed by atoms with Crippen LogP contribution in [0.4, 0.5) is 5.69 Å². The molecule has 110 valence electrons. The fourth-order valence-corrected chi connectivity index (χ4v) is 2.41. The quantitative estimate of drug-likeness (QED) is 0.661. The molecule has 0 aromatic heterocycles. The molecule has 1 saturated heterocycles. The van der Waals surface area contributed by atoms with E-state index in [9.17, 15) is 10.1 Å². The molecule has 0 bridgehead atoms. The molecule has 1 fully saturated rings. The van der Waals surface area contributed by atoms with Crippen LogP contribution in [0, 0.1) is 10.1 Å². The van der Waals surface area contributed by atoms with Gasteiger partial charge in [-0.15, -0.1) is 0 Å². The molecule has 20 heavy (non-hydrogen) atoms. The maximum Gasteiger partial charge on any atom is 0.273 e. The lowest BCUT2D eigenvalue weighted by Crippen LogP contribution is -2.37. The van der Waals surface area contributed by atoms with Crippen LogP contribution in [0.5, 0.6) is 5.75 Å². The van der Waals surface area contributed by atoms with Gasteiger partial charge in [-0.3, -0.25) is 10.1 Å². The Morgan fingerprint density at radius 3 is 2.95 bits per heavy atom. The van der Waals surface area contributed by atoms with Crippen molar-refractivity contribution in [1.82, 2.24) is 5.32 Å². The summed E-state index contributed by atoms with van der Waals surface area (Å²) in [7, 11) is 1.51. The Bertz CT molecular complexity index is 478. The lowest BCUT2D eigenvalue weighted by atomic mass is 10.0. The molecule has 0 spiro atoms. The van der Waals surface area contributed by atoms with E-state index in [1.165, 1.54) is 13.2 Å². The zero-order valence-corrected chi connectivity index (χ0v) is 11.8. The first-order valence-corrected chi connectivity index (χ1v) is 6.76. The van der Waals surface area contributed by atoms with E-state index >= 15 is 0 Å². The number of ether oxygens (including phenoxy) is 2. The topological polar surface area (TPSA) is 73.6 Å². The fraction of sp³-hybridized carbons (Fsp3) is 0.571. The average molecular weight is 280 g/mol. The van der Waals surface area contributed by atoms with Crippen molar-refractivity contribution in [2.24, 2.45) is 0 Å². The van der Waals surface area contributed by atoms with Gasteiger partial charge in [0.25, 0.3) is 5.69 Å². The van der Waals surface area contributed by atoms with E-state index in [1.807, 2.05) is 6.07 Å². The van der Waals surface area contributed by atoms with Crippen molar-refractivity contribution in [3.05, 3.63) is 33.9 Å². The van der Waals surface area contributed by atoms with Gasteiger partial charge in [0.15, 0.2) is 0 Å². The molecule has 1 aromatic carbocycles. The molecule has 0 saturated carbocycles. The van der Waals surface area contributed by atoms with Crippen LogP contribution < -0.4 is 10.1 Å². The summed E-state index contributed by atoms with van der Waals surface area (Å²) in [6, 6.07) is 5.23. The van der Waals surface area contributed by atoms with Crippen molar-refractivity contribution >= 4 is 5.69 Å². The van der Waals surface area contributed by atoms with Crippen LogP contribution in [0.2, 0.25) is 0 Å². The van der Waals surface area contributed by atoms with Gasteiger partial charge in [0, 0.05) is 25.3 Å².